The fraction of sp³-hybridized carbons (Fsp3) is 0.941. The Morgan fingerprint density at radius 1 is 1.13 bits per heavy atom. The van der Waals surface area contributed by atoms with Gasteiger partial charge in [-0.15, -0.1) is 24.0 Å². The highest BCUT2D eigenvalue weighted by atomic mass is 127. The molecule has 0 unspecified atom stereocenters. The van der Waals surface area contributed by atoms with Crippen LogP contribution in [-0.2, 0) is 4.74 Å². The molecule has 1 N–H and O–H groups in total. The molecule has 0 aromatic heterocycles. The molecular formula is C17H35IN4O. The van der Waals surface area contributed by atoms with Crippen molar-refractivity contribution in [3.63, 3.8) is 0 Å². The second-order valence-corrected chi connectivity index (χ2v) is 6.57. The van der Waals surface area contributed by atoms with E-state index in [1.54, 1.807) is 0 Å². The van der Waals surface area contributed by atoms with E-state index in [0.717, 1.165) is 64.4 Å². The van der Waals surface area contributed by atoms with Crippen molar-refractivity contribution in [2.75, 3.05) is 59.0 Å². The van der Waals surface area contributed by atoms with E-state index in [1.807, 2.05) is 0 Å². The molecule has 136 valence electrons. The zero-order valence-electron chi connectivity index (χ0n) is 14.9. The average Bonchev–Trinajstić information content (AvgIpc) is 2.55. The highest BCUT2D eigenvalue weighted by Gasteiger charge is 2.18. The number of rotatable bonds is 6. The molecule has 0 atom stereocenters. The van der Waals surface area contributed by atoms with Crippen LogP contribution in [0.1, 0.15) is 39.5 Å². The Morgan fingerprint density at radius 2 is 1.83 bits per heavy atom. The van der Waals surface area contributed by atoms with E-state index in [1.165, 1.54) is 32.2 Å². The van der Waals surface area contributed by atoms with Crippen molar-refractivity contribution in [2.24, 2.45) is 10.9 Å². The number of hydrogen-bond donors (Lipinski definition) is 1. The summed E-state index contributed by atoms with van der Waals surface area (Å²) in [7, 11) is 0. The Balaban J connectivity index is 0.00000264. The minimum Gasteiger partial charge on any atom is -0.379 e. The van der Waals surface area contributed by atoms with Crippen molar-refractivity contribution in [1.82, 2.24) is 15.1 Å². The number of aliphatic imine (C=N–C) groups is 1. The van der Waals surface area contributed by atoms with Crippen molar-refractivity contribution in [3.05, 3.63) is 0 Å². The molecule has 0 spiro atoms. The number of morpholine rings is 1. The van der Waals surface area contributed by atoms with E-state index >= 15 is 0 Å². The number of guanidine groups is 1. The smallest absolute Gasteiger partial charge is 0.193 e. The molecule has 0 aromatic carbocycles. The summed E-state index contributed by atoms with van der Waals surface area (Å²) in [5.74, 6) is 1.99. The van der Waals surface area contributed by atoms with E-state index in [9.17, 15) is 0 Å². The number of ether oxygens (including phenoxy) is 1. The average molecular weight is 438 g/mol. The first-order valence-electron chi connectivity index (χ1n) is 9.13. The van der Waals surface area contributed by atoms with Crippen LogP contribution in [-0.4, -0.2) is 74.8 Å². The quantitative estimate of drug-likeness (QED) is 0.299. The molecule has 2 aliphatic rings. The molecule has 0 radical (unpaired) electrons. The monoisotopic (exact) mass is 438 g/mol. The summed E-state index contributed by atoms with van der Waals surface area (Å²) in [6.45, 7) is 13.9. The molecule has 0 amide bonds. The maximum Gasteiger partial charge on any atom is 0.193 e. The van der Waals surface area contributed by atoms with Gasteiger partial charge in [-0.25, -0.2) is 0 Å². The molecule has 5 nitrogen and oxygen atoms in total. The molecule has 2 fully saturated rings. The van der Waals surface area contributed by atoms with Crippen LogP contribution in [0.25, 0.3) is 0 Å². The third kappa shape index (κ3) is 8.03. The van der Waals surface area contributed by atoms with Gasteiger partial charge in [-0.05, 0) is 45.1 Å². The molecule has 0 aliphatic carbocycles. The first kappa shape index (κ1) is 21.0. The number of unbranched alkanes of at least 4 members (excludes halogenated alkanes) is 1. The molecule has 2 saturated heterocycles. The van der Waals surface area contributed by atoms with Gasteiger partial charge in [0.1, 0.15) is 0 Å². The van der Waals surface area contributed by atoms with Crippen molar-refractivity contribution in [2.45, 2.75) is 39.5 Å². The van der Waals surface area contributed by atoms with Gasteiger partial charge in [0.2, 0.25) is 0 Å². The summed E-state index contributed by atoms with van der Waals surface area (Å²) in [4.78, 5) is 9.77. The predicted octanol–water partition coefficient (Wildman–Crippen LogP) is 2.41. The van der Waals surface area contributed by atoms with Gasteiger partial charge in [-0.3, -0.25) is 9.89 Å². The maximum absolute atomic E-state index is 5.38. The number of likely N-dealkylation sites (tertiary alicyclic amines) is 1. The van der Waals surface area contributed by atoms with E-state index in [4.69, 9.17) is 9.73 Å². The van der Waals surface area contributed by atoms with Gasteiger partial charge in [0.15, 0.2) is 5.96 Å². The molecule has 2 heterocycles. The largest absolute Gasteiger partial charge is 0.379 e. The second-order valence-electron chi connectivity index (χ2n) is 6.57. The number of halogens is 1. The van der Waals surface area contributed by atoms with Gasteiger partial charge in [0.25, 0.3) is 0 Å². The molecule has 0 bridgehead atoms. The SMILES string of the molecule is CCNC(=NCCCCN1CCOCC1)N1CCC(C)CC1.I. The molecule has 0 saturated carbocycles. The van der Waals surface area contributed by atoms with Gasteiger partial charge >= 0.3 is 0 Å². The molecule has 6 heteroatoms. The summed E-state index contributed by atoms with van der Waals surface area (Å²) < 4.78 is 5.38. The fourth-order valence-electron chi connectivity index (χ4n) is 3.10. The first-order chi connectivity index (χ1) is 10.8. The highest BCUT2D eigenvalue weighted by molar-refractivity contribution is 14.0. The van der Waals surface area contributed by atoms with Crippen LogP contribution in [0.15, 0.2) is 4.99 Å². The molecule has 2 rings (SSSR count). The fourth-order valence-corrected chi connectivity index (χ4v) is 3.10. The van der Waals surface area contributed by atoms with Crippen LogP contribution in [0, 0.1) is 5.92 Å². The Bertz CT molecular complexity index is 327. The number of hydrogen-bond acceptors (Lipinski definition) is 3. The lowest BCUT2D eigenvalue weighted by molar-refractivity contribution is 0.0373. The van der Waals surface area contributed by atoms with Crippen LogP contribution >= 0.6 is 24.0 Å². The van der Waals surface area contributed by atoms with Crippen LogP contribution in [0.4, 0.5) is 0 Å². The minimum absolute atomic E-state index is 0. The van der Waals surface area contributed by atoms with Gasteiger partial charge in [-0.1, -0.05) is 6.92 Å². The Kier molecular flexibility index (Phi) is 11.2. The van der Waals surface area contributed by atoms with E-state index < -0.39 is 0 Å². The summed E-state index contributed by atoms with van der Waals surface area (Å²) in [6.07, 6.45) is 5.00. The van der Waals surface area contributed by atoms with Crippen molar-refractivity contribution >= 4 is 29.9 Å². The van der Waals surface area contributed by atoms with Crippen molar-refractivity contribution < 1.29 is 4.74 Å². The lowest BCUT2D eigenvalue weighted by atomic mass is 10.00. The van der Waals surface area contributed by atoms with E-state index in [-0.39, 0.29) is 24.0 Å². The van der Waals surface area contributed by atoms with Gasteiger partial charge in [0, 0.05) is 39.3 Å². The number of nitrogens with zero attached hydrogens (tertiary/aromatic N) is 3. The van der Waals surface area contributed by atoms with Gasteiger partial charge < -0.3 is 15.0 Å². The van der Waals surface area contributed by atoms with E-state index in [0.29, 0.717) is 0 Å². The highest BCUT2D eigenvalue weighted by Crippen LogP contribution is 2.15. The Morgan fingerprint density at radius 3 is 2.48 bits per heavy atom. The topological polar surface area (TPSA) is 40.1 Å². The first-order valence-corrected chi connectivity index (χ1v) is 9.13. The van der Waals surface area contributed by atoms with Crippen molar-refractivity contribution in [3.8, 4) is 0 Å². The van der Waals surface area contributed by atoms with Crippen LogP contribution in [0.3, 0.4) is 0 Å². The van der Waals surface area contributed by atoms with Crippen LogP contribution in [0.2, 0.25) is 0 Å². The zero-order valence-corrected chi connectivity index (χ0v) is 17.3. The molecular weight excluding hydrogens is 403 g/mol. The van der Waals surface area contributed by atoms with Crippen molar-refractivity contribution in [1.29, 1.82) is 0 Å². The molecule has 0 aromatic rings. The summed E-state index contributed by atoms with van der Waals surface area (Å²) in [5, 5.41) is 3.46. The summed E-state index contributed by atoms with van der Waals surface area (Å²) >= 11 is 0. The lowest BCUT2D eigenvalue weighted by Crippen LogP contribution is -2.45. The Labute approximate surface area is 159 Å². The summed E-state index contributed by atoms with van der Waals surface area (Å²) in [5.41, 5.74) is 0. The third-order valence-electron chi connectivity index (χ3n) is 4.67. The van der Waals surface area contributed by atoms with Gasteiger partial charge in [-0.2, -0.15) is 0 Å². The molecule has 2 aliphatic heterocycles. The minimum atomic E-state index is 0. The standard InChI is InChI=1S/C17H34N4O.HI/c1-3-18-17(21-10-6-16(2)7-11-21)19-8-4-5-9-20-12-14-22-15-13-20;/h16H,3-15H2,1-2H3,(H,18,19);1H. The van der Waals surface area contributed by atoms with Crippen LogP contribution < -0.4 is 5.32 Å². The van der Waals surface area contributed by atoms with Gasteiger partial charge in [0.05, 0.1) is 13.2 Å². The summed E-state index contributed by atoms with van der Waals surface area (Å²) in [6, 6.07) is 0. The van der Waals surface area contributed by atoms with Crippen LogP contribution in [0.5, 0.6) is 0 Å². The predicted molar refractivity (Wildman–Crippen MR) is 108 cm³/mol. The maximum atomic E-state index is 5.38. The van der Waals surface area contributed by atoms with E-state index in [2.05, 4.69) is 29.0 Å². The third-order valence-corrected chi connectivity index (χ3v) is 4.67. The Hall–Kier alpha value is -0.0800. The number of nitrogens with one attached hydrogen (secondary N) is 1. The second kappa shape index (κ2) is 12.3. The zero-order chi connectivity index (χ0) is 15.6. The normalized spacial score (nSPS) is 21.1. The molecule has 23 heavy (non-hydrogen) atoms. The number of piperidine rings is 1. The lowest BCUT2D eigenvalue weighted by Gasteiger charge is -2.33.